The molecule has 0 saturated carbocycles. The molecule has 2 unspecified atom stereocenters. The number of carbonyl (C=O) groups is 1. The largest absolute Gasteiger partial charge is 0.394 e. The van der Waals surface area contributed by atoms with E-state index in [4.69, 9.17) is 10.8 Å². The molecule has 0 aromatic heterocycles. The van der Waals surface area contributed by atoms with Gasteiger partial charge in [0.05, 0.1) is 19.3 Å². The lowest BCUT2D eigenvalue weighted by molar-refractivity contribution is -0.120. The summed E-state index contributed by atoms with van der Waals surface area (Å²) < 4.78 is 0. The van der Waals surface area contributed by atoms with E-state index in [9.17, 15) is 9.90 Å². The zero-order chi connectivity index (χ0) is 10.1. The Morgan fingerprint density at radius 3 is 2.85 bits per heavy atom. The van der Waals surface area contributed by atoms with Crippen molar-refractivity contribution in [3.05, 3.63) is 0 Å². The molecule has 1 aliphatic rings. The van der Waals surface area contributed by atoms with Gasteiger partial charge < -0.3 is 15.9 Å². The summed E-state index contributed by atoms with van der Waals surface area (Å²) in [5.41, 5.74) is 4.54. The standard InChI is InChI=1S/C8H16N2O3/c1-8(5-11)2-6(12)3-10(8)4-7(9)13/h6,11-12H,2-5H2,1H3,(H2,9,13). The molecule has 0 aliphatic carbocycles. The van der Waals surface area contributed by atoms with Crippen LogP contribution >= 0.6 is 0 Å². The number of amides is 1. The van der Waals surface area contributed by atoms with Crippen LogP contribution < -0.4 is 5.73 Å². The van der Waals surface area contributed by atoms with Crippen LogP contribution in [-0.2, 0) is 4.79 Å². The average Bonchev–Trinajstić information content (AvgIpc) is 2.27. The van der Waals surface area contributed by atoms with Crippen LogP contribution in [0.25, 0.3) is 0 Å². The first-order chi connectivity index (χ1) is 5.98. The Labute approximate surface area is 77.1 Å². The predicted octanol–water partition coefficient (Wildman–Crippen LogP) is -1.71. The van der Waals surface area contributed by atoms with Crippen LogP contribution in [-0.4, -0.2) is 52.4 Å². The molecule has 0 aromatic rings. The van der Waals surface area contributed by atoms with Crippen LogP contribution in [0.4, 0.5) is 0 Å². The molecule has 2 atom stereocenters. The summed E-state index contributed by atoms with van der Waals surface area (Å²) in [7, 11) is 0. The molecule has 13 heavy (non-hydrogen) atoms. The van der Waals surface area contributed by atoms with Gasteiger partial charge in [-0.15, -0.1) is 0 Å². The van der Waals surface area contributed by atoms with Crippen LogP contribution in [0.3, 0.4) is 0 Å². The molecule has 1 aliphatic heterocycles. The summed E-state index contributed by atoms with van der Waals surface area (Å²) in [6.07, 6.45) is 0.00745. The van der Waals surface area contributed by atoms with Crippen molar-refractivity contribution in [2.45, 2.75) is 25.0 Å². The number of nitrogens with zero attached hydrogens (tertiary/aromatic N) is 1. The van der Waals surface area contributed by atoms with Crippen molar-refractivity contribution in [3.63, 3.8) is 0 Å². The Hall–Kier alpha value is -0.650. The lowest BCUT2D eigenvalue weighted by atomic mass is 9.99. The number of β-amino-alcohol motifs (C(OH)–C–C–N with tert-alkyl or cyclic N) is 1. The van der Waals surface area contributed by atoms with E-state index < -0.39 is 17.6 Å². The number of rotatable bonds is 3. The summed E-state index contributed by atoms with van der Waals surface area (Å²) in [5.74, 6) is -0.436. The number of aliphatic hydroxyl groups is 2. The van der Waals surface area contributed by atoms with Gasteiger partial charge in [0.15, 0.2) is 0 Å². The topological polar surface area (TPSA) is 86.8 Å². The Balaban J connectivity index is 2.66. The smallest absolute Gasteiger partial charge is 0.231 e. The van der Waals surface area contributed by atoms with Gasteiger partial charge in [-0.1, -0.05) is 0 Å². The third-order valence-corrected chi connectivity index (χ3v) is 2.56. The van der Waals surface area contributed by atoms with Crippen molar-refractivity contribution in [2.24, 2.45) is 5.73 Å². The minimum Gasteiger partial charge on any atom is -0.394 e. The van der Waals surface area contributed by atoms with E-state index in [0.29, 0.717) is 13.0 Å². The van der Waals surface area contributed by atoms with Gasteiger partial charge in [-0.05, 0) is 13.3 Å². The highest BCUT2D eigenvalue weighted by atomic mass is 16.3. The van der Waals surface area contributed by atoms with Crippen molar-refractivity contribution in [1.82, 2.24) is 4.90 Å². The van der Waals surface area contributed by atoms with Crippen molar-refractivity contribution >= 4 is 5.91 Å². The van der Waals surface area contributed by atoms with Gasteiger partial charge >= 0.3 is 0 Å². The predicted molar refractivity (Wildman–Crippen MR) is 46.9 cm³/mol. The Kier molecular flexibility index (Phi) is 2.90. The molecule has 4 N–H and O–H groups in total. The molecule has 0 radical (unpaired) electrons. The first-order valence-electron chi connectivity index (χ1n) is 4.30. The number of hydrogen-bond donors (Lipinski definition) is 3. The van der Waals surface area contributed by atoms with Gasteiger partial charge in [0.25, 0.3) is 0 Å². The van der Waals surface area contributed by atoms with E-state index in [1.54, 1.807) is 4.90 Å². The molecule has 1 rings (SSSR count). The summed E-state index contributed by atoms with van der Waals surface area (Å²) >= 11 is 0. The molecule has 1 fully saturated rings. The SMILES string of the molecule is CC1(CO)CC(O)CN1CC(N)=O. The van der Waals surface area contributed by atoms with Crippen molar-refractivity contribution < 1.29 is 15.0 Å². The minimum absolute atomic E-state index is 0.0721. The molecule has 1 heterocycles. The summed E-state index contributed by atoms with van der Waals surface area (Å²) in [5, 5.41) is 18.5. The van der Waals surface area contributed by atoms with Crippen LogP contribution in [0.15, 0.2) is 0 Å². The van der Waals surface area contributed by atoms with Crippen LogP contribution in [0.1, 0.15) is 13.3 Å². The van der Waals surface area contributed by atoms with Gasteiger partial charge in [0.2, 0.25) is 5.91 Å². The quantitative estimate of drug-likeness (QED) is 0.492. The first kappa shape index (κ1) is 10.4. The zero-order valence-electron chi connectivity index (χ0n) is 7.73. The molecule has 1 amide bonds. The molecular formula is C8H16N2O3. The number of carbonyl (C=O) groups excluding carboxylic acids is 1. The van der Waals surface area contributed by atoms with Crippen molar-refractivity contribution in [1.29, 1.82) is 0 Å². The van der Waals surface area contributed by atoms with Gasteiger partial charge in [0.1, 0.15) is 0 Å². The first-order valence-corrected chi connectivity index (χ1v) is 4.30. The molecule has 5 heteroatoms. The molecule has 1 saturated heterocycles. The normalized spacial score (nSPS) is 35.2. The summed E-state index contributed by atoms with van der Waals surface area (Å²) in [4.78, 5) is 12.4. The fourth-order valence-corrected chi connectivity index (χ4v) is 1.78. The monoisotopic (exact) mass is 188 g/mol. The van der Waals surface area contributed by atoms with E-state index in [0.717, 1.165) is 0 Å². The van der Waals surface area contributed by atoms with Gasteiger partial charge in [0, 0.05) is 12.1 Å². The number of likely N-dealkylation sites (tertiary alicyclic amines) is 1. The van der Waals surface area contributed by atoms with Gasteiger partial charge in [-0.2, -0.15) is 0 Å². The van der Waals surface area contributed by atoms with E-state index in [1.807, 2.05) is 6.92 Å². The van der Waals surface area contributed by atoms with E-state index in [2.05, 4.69) is 0 Å². The van der Waals surface area contributed by atoms with Crippen LogP contribution in [0, 0.1) is 0 Å². The van der Waals surface area contributed by atoms with Gasteiger partial charge in [-0.3, -0.25) is 9.69 Å². The van der Waals surface area contributed by atoms with E-state index in [-0.39, 0.29) is 13.2 Å². The van der Waals surface area contributed by atoms with Crippen LogP contribution in [0.2, 0.25) is 0 Å². The number of hydrogen-bond acceptors (Lipinski definition) is 4. The molecule has 5 nitrogen and oxygen atoms in total. The third kappa shape index (κ3) is 2.18. The number of primary amides is 1. The fourth-order valence-electron chi connectivity index (χ4n) is 1.78. The fraction of sp³-hybridized carbons (Fsp3) is 0.875. The second kappa shape index (κ2) is 3.61. The highest BCUT2D eigenvalue weighted by Crippen LogP contribution is 2.27. The van der Waals surface area contributed by atoms with Crippen molar-refractivity contribution in [3.8, 4) is 0 Å². The Bertz CT molecular complexity index is 210. The number of nitrogens with two attached hydrogens (primary N) is 1. The minimum atomic E-state index is -0.506. The maximum Gasteiger partial charge on any atom is 0.231 e. The second-order valence-corrected chi connectivity index (χ2v) is 3.86. The van der Waals surface area contributed by atoms with E-state index in [1.165, 1.54) is 0 Å². The average molecular weight is 188 g/mol. The van der Waals surface area contributed by atoms with E-state index >= 15 is 0 Å². The highest BCUT2D eigenvalue weighted by molar-refractivity contribution is 5.76. The van der Waals surface area contributed by atoms with Crippen molar-refractivity contribution in [2.75, 3.05) is 19.7 Å². The third-order valence-electron chi connectivity index (χ3n) is 2.56. The Morgan fingerprint density at radius 1 is 1.77 bits per heavy atom. The molecule has 0 aromatic carbocycles. The summed E-state index contributed by atoms with van der Waals surface area (Å²) in [6, 6.07) is 0. The maximum atomic E-state index is 10.7. The summed E-state index contributed by atoms with van der Waals surface area (Å²) in [6.45, 7) is 2.23. The Morgan fingerprint density at radius 2 is 2.38 bits per heavy atom. The maximum absolute atomic E-state index is 10.7. The lowest BCUT2D eigenvalue weighted by Crippen LogP contribution is -2.47. The number of aliphatic hydroxyl groups excluding tert-OH is 2. The molecule has 76 valence electrons. The lowest BCUT2D eigenvalue weighted by Gasteiger charge is -2.31. The van der Waals surface area contributed by atoms with Crippen LogP contribution in [0.5, 0.6) is 0 Å². The molecule has 0 spiro atoms. The molecule has 0 bridgehead atoms. The zero-order valence-corrected chi connectivity index (χ0v) is 7.73. The molecular weight excluding hydrogens is 172 g/mol. The second-order valence-electron chi connectivity index (χ2n) is 3.86. The van der Waals surface area contributed by atoms with Gasteiger partial charge in [-0.25, -0.2) is 0 Å². The highest BCUT2D eigenvalue weighted by Gasteiger charge is 2.41.